The first-order valence-electron chi connectivity index (χ1n) is 17.3. The topological polar surface area (TPSA) is 85.6 Å². The Kier molecular flexibility index (Phi) is 16.5. The average molecular weight is 622 g/mol. The van der Waals surface area contributed by atoms with Crippen LogP contribution in [0.2, 0.25) is 0 Å². The van der Waals surface area contributed by atoms with E-state index in [0.717, 1.165) is 37.7 Å². The van der Waals surface area contributed by atoms with Crippen molar-refractivity contribution < 1.29 is 28.2 Å². The van der Waals surface area contributed by atoms with E-state index in [1.165, 1.54) is 57.4 Å². The van der Waals surface area contributed by atoms with Crippen LogP contribution in [0.3, 0.4) is 0 Å². The predicted octanol–water partition coefficient (Wildman–Crippen LogP) is 10.2. The highest BCUT2D eigenvalue weighted by Gasteiger charge is 2.28. The molecule has 0 radical (unpaired) electrons. The van der Waals surface area contributed by atoms with Gasteiger partial charge in [0.25, 0.3) is 0 Å². The van der Waals surface area contributed by atoms with E-state index in [2.05, 4.69) is 13.0 Å². The number of alkyl halides is 1. The molecule has 0 aromatic heterocycles. The Balaban J connectivity index is 1.38. The van der Waals surface area contributed by atoms with Crippen molar-refractivity contribution in [3.63, 3.8) is 0 Å². The summed E-state index contributed by atoms with van der Waals surface area (Å²) < 4.78 is 30.8. The van der Waals surface area contributed by atoms with Gasteiger partial charge in [0.05, 0.1) is 17.7 Å². The second-order valence-electron chi connectivity index (χ2n) is 12.3. The summed E-state index contributed by atoms with van der Waals surface area (Å²) in [7, 11) is 0. The molecule has 0 bridgehead atoms. The van der Waals surface area contributed by atoms with E-state index in [1.54, 1.807) is 24.3 Å². The molecule has 1 aliphatic carbocycles. The number of nitriles is 1. The number of nitrogens with zero attached hydrogens (tertiary/aromatic N) is 1. The average Bonchev–Trinajstić information content (AvgIpc) is 3.06. The first kappa shape index (κ1) is 36.1. The van der Waals surface area contributed by atoms with E-state index in [-0.39, 0.29) is 12.5 Å². The lowest BCUT2D eigenvalue weighted by Crippen LogP contribution is -2.28. The quantitative estimate of drug-likeness (QED) is 0.0831. The lowest BCUT2D eigenvalue weighted by Gasteiger charge is -2.29. The number of esters is 2. The Hall–Kier alpha value is -3.40. The molecular formula is C38H52FNO5. The molecular weight excluding hydrogens is 569 g/mol. The van der Waals surface area contributed by atoms with Crippen LogP contribution in [0.4, 0.5) is 4.39 Å². The Morgan fingerprint density at radius 3 is 2.09 bits per heavy atom. The van der Waals surface area contributed by atoms with Gasteiger partial charge in [0.1, 0.15) is 23.7 Å². The van der Waals surface area contributed by atoms with Crippen LogP contribution in [0.5, 0.6) is 11.5 Å². The van der Waals surface area contributed by atoms with Crippen molar-refractivity contribution in [3.05, 3.63) is 59.2 Å². The van der Waals surface area contributed by atoms with Crippen molar-refractivity contribution >= 4 is 11.9 Å². The monoisotopic (exact) mass is 621 g/mol. The van der Waals surface area contributed by atoms with Crippen molar-refractivity contribution in [2.24, 2.45) is 0 Å². The molecule has 0 spiro atoms. The van der Waals surface area contributed by atoms with Crippen LogP contribution < -0.4 is 9.47 Å². The summed E-state index contributed by atoms with van der Waals surface area (Å²) in [6, 6.07) is 14.4. The van der Waals surface area contributed by atoms with Crippen LogP contribution in [-0.4, -0.2) is 30.8 Å². The number of benzene rings is 2. The maximum absolute atomic E-state index is 14.0. The summed E-state index contributed by atoms with van der Waals surface area (Å²) in [5.74, 6) is -0.0524. The zero-order valence-electron chi connectivity index (χ0n) is 27.4. The highest BCUT2D eigenvalue weighted by Crippen LogP contribution is 2.35. The fraction of sp³-hybridized carbons (Fsp3) is 0.605. The van der Waals surface area contributed by atoms with Crippen molar-refractivity contribution in [1.82, 2.24) is 0 Å². The lowest BCUT2D eigenvalue weighted by atomic mass is 9.83. The number of hydrogen-bond acceptors (Lipinski definition) is 6. The molecule has 246 valence electrons. The van der Waals surface area contributed by atoms with Gasteiger partial charge in [0.15, 0.2) is 6.17 Å². The van der Waals surface area contributed by atoms with Gasteiger partial charge in [0, 0.05) is 0 Å². The zero-order valence-corrected chi connectivity index (χ0v) is 27.4. The molecule has 1 aliphatic rings. The molecule has 0 amide bonds. The maximum atomic E-state index is 14.0. The normalized spacial score (nSPS) is 16.8. The molecule has 2 aromatic carbocycles. The molecule has 1 fully saturated rings. The summed E-state index contributed by atoms with van der Waals surface area (Å²) in [6.07, 6.45) is 15.5. The number of ether oxygens (including phenoxy) is 3. The lowest BCUT2D eigenvalue weighted by molar-refractivity contribution is -0.157. The van der Waals surface area contributed by atoms with Gasteiger partial charge in [0.2, 0.25) is 0 Å². The van der Waals surface area contributed by atoms with Gasteiger partial charge < -0.3 is 14.2 Å². The minimum Gasteiger partial charge on any atom is -0.492 e. The molecule has 0 aliphatic heterocycles. The van der Waals surface area contributed by atoms with Crippen LogP contribution in [0, 0.1) is 11.3 Å². The predicted molar refractivity (Wildman–Crippen MR) is 175 cm³/mol. The van der Waals surface area contributed by atoms with Crippen LogP contribution in [0.1, 0.15) is 150 Å². The van der Waals surface area contributed by atoms with Gasteiger partial charge in [-0.2, -0.15) is 5.26 Å². The molecule has 0 saturated heterocycles. The first-order chi connectivity index (χ1) is 21.9. The molecule has 0 N–H and O–H groups in total. The molecule has 45 heavy (non-hydrogen) atoms. The van der Waals surface area contributed by atoms with E-state index in [1.807, 2.05) is 19.1 Å². The van der Waals surface area contributed by atoms with Crippen LogP contribution in [0.25, 0.3) is 0 Å². The van der Waals surface area contributed by atoms with Gasteiger partial charge in [-0.15, -0.1) is 0 Å². The van der Waals surface area contributed by atoms with Gasteiger partial charge in [-0.25, -0.2) is 14.0 Å². The number of hydrogen-bond donors (Lipinski definition) is 0. The zero-order chi connectivity index (χ0) is 32.3. The van der Waals surface area contributed by atoms with Crippen LogP contribution in [0.15, 0.2) is 42.5 Å². The van der Waals surface area contributed by atoms with Gasteiger partial charge in [-0.1, -0.05) is 96.6 Å². The number of carbonyl (C=O) groups excluding carboxylic acids is 2. The van der Waals surface area contributed by atoms with Gasteiger partial charge in [-0.05, 0) is 80.3 Å². The van der Waals surface area contributed by atoms with E-state index < -0.39 is 18.1 Å². The minimum absolute atomic E-state index is 0.223. The molecule has 1 atom stereocenters. The number of carbonyl (C=O) groups is 2. The van der Waals surface area contributed by atoms with Crippen molar-refractivity contribution in [3.8, 4) is 17.6 Å². The van der Waals surface area contributed by atoms with E-state index >= 15 is 0 Å². The Morgan fingerprint density at radius 2 is 1.47 bits per heavy atom. The summed E-state index contributed by atoms with van der Waals surface area (Å²) in [4.78, 5) is 24.8. The standard InChI is InChI=1S/C38H52FNO5/c1-3-5-7-8-9-10-11-12-13-14-26-43-36-25-20-31(27-32(36)28-40)37(41)44-33-21-16-29(17-22-33)30-18-23-34(24-19-30)45-38(42)35(39)15-6-4-2/h16-17,20-22,25,27,30,34-35H,3-15,18-19,23-24,26H2,1-2H3/t30-,34-,35-/m0/s1. The van der Waals surface area contributed by atoms with Crippen LogP contribution in [-0.2, 0) is 9.53 Å². The van der Waals surface area contributed by atoms with Gasteiger partial charge >= 0.3 is 11.9 Å². The van der Waals surface area contributed by atoms with E-state index in [4.69, 9.17) is 14.2 Å². The summed E-state index contributed by atoms with van der Waals surface area (Å²) in [5.41, 5.74) is 1.73. The largest absolute Gasteiger partial charge is 0.492 e. The van der Waals surface area contributed by atoms with E-state index in [9.17, 15) is 19.2 Å². The summed E-state index contributed by atoms with van der Waals surface area (Å²) in [5, 5.41) is 9.64. The highest BCUT2D eigenvalue weighted by molar-refractivity contribution is 5.91. The third-order valence-electron chi connectivity index (χ3n) is 8.68. The second-order valence-corrected chi connectivity index (χ2v) is 12.3. The fourth-order valence-electron chi connectivity index (χ4n) is 5.87. The van der Waals surface area contributed by atoms with Crippen molar-refractivity contribution in [2.75, 3.05) is 6.61 Å². The molecule has 1 saturated carbocycles. The Morgan fingerprint density at radius 1 is 0.844 bits per heavy atom. The van der Waals surface area contributed by atoms with Crippen molar-refractivity contribution in [1.29, 1.82) is 5.26 Å². The molecule has 6 nitrogen and oxygen atoms in total. The third kappa shape index (κ3) is 12.9. The molecule has 0 heterocycles. The number of rotatable bonds is 20. The molecule has 7 heteroatoms. The third-order valence-corrected chi connectivity index (χ3v) is 8.68. The van der Waals surface area contributed by atoms with E-state index in [0.29, 0.717) is 54.4 Å². The highest BCUT2D eigenvalue weighted by atomic mass is 19.1. The Bertz CT molecular complexity index is 1200. The SMILES string of the molecule is CCCCCCCCCCCCOc1ccc(C(=O)Oc2ccc([C@H]3CC[C@H](OC(=O)[C@@H](F)CCCC)CC3)cc2)cc1C#N. The smallest absolute Gasteiger partial charge is 0.343 e. The summed E-state index contributed by atoms with van der Waals surface area (Å²) in [6.45, 7) is 4.76. The van der Waals surface area contributed by atoms with Crippen molar-refractivity contribution in [2.45, 2.75) is 141 Å². The summed E-state index contributed by atoms with van der Waals surface area (Å²) >= 11 is 0. The maximum Gasteiger partial charge on any atom is 0.343 e. The first-order valence-corrected chi connectivity index (χ1v) is 17.3. The van der Waals surface area contributed by atoms with Gasteiger partial charge in [-0.3, -0.25) is 0 Å². The minimum atomic E-state index is -1.53. The Labute approximate surface area is 269 Å². The van der Waals surface area contributed by atoms with Crippen LogP contribution >= 0.6 is 0 Å². The fourth-order valence-corrected chi connectivity index (χ4v) is 5.87. The molecule has 3 rings (SSSR count). The number of unbranched alkanes of at least 4 members (excludes halogenated alkanes) is 10. The number of halogens is 1. The molecule has 0 unspecified atom stereocenters. The second kappa shape index (κ2) is 20.6. The molecule has 2 aromatic rings.